The molecule has 1 unspecified atom stereocenters. The number of carbonyl (C=O) groups excluding carboxylic acids is 3. The van der Waals surface area contributed by atoms with Crippen LogP contribution in [0.4, 0.5) is 0 Å². The number of ether oxygens (including phenoxy) is 4. The zero-order valence-electron chi connectivity index (χ0n) is 11.7. The molecular formula is C12H18O8. The molecule has 1 rings (SSSR count). The van der Waals surface area contributed by atoms with Gasteiger partial charge in [0.1, 0.15) is 6.10 Å². The molecule has 0 saturated carbocycles. The Labute approximate surface area is 115 Å². The Balaban J connectivity index is 3.00. The summed E-state index contributed by atoms with van der Waals surface area (Å²) in [6, 6.07) is 0. The van der Waals surface area contributed by atoms with Crippen LogP contribution >= 0.6 is 0 Å². The summed E-state index contributed by atoms with van der Waals surface area (Å²) in [5.74, 6) is -2.01. The molecule has 0 bridgehead atoms. The van der Waals surface area contributed by atoms with Crippen LogP contribution in [0.15, 0.2) is 0 Å². The molecule has 1 saturated heterocycles. The van der Waals surface area contributed by atoms with E-state index in [1.807, 2.05) is 0 Å². The van der Waals surface area contributed by atoms with Gasteiger partial charge in [-0.05, 0) is 6.92 Å². The normalized spacial score (nSPS) is 33.1. The van der Waals surface area contributed by atoms with Crippen molar-refractivity contribution in [1.82, 2.24) is 0 Å². The maximum absolute atomic E-state index is 11.1. The molecule has 114 valence electrons. The first-order valence-corrected chi connectivity index (χ1v) is 6.07. The number of aliphatic hydroxyl groups is 1. The fraction of sp³-hybridized carbons (Fsp3) is 0.750. The highest BCUT2D eigenvalue weighted by Gasteiger charge is 2.49. The monoisotopic (exact) mass is 290 g/mol. The molecule has 1 fully saturated rings. The van der Waals surface area contributed by atoms with Crippen LogP contribution < -0.4 is 0 Å². The summed E-state index contributed by atoms with van der Waals surface area (Å²) in [7, 11) is 0. The smallest absolute Gasteiger partial charge is 0.305 e. The fourth-order valence-electron chi connectivity index (χ4n) is 1.89. The van der Waals surface area contributed by atoms with Gasteiger partial charge in [0.15, 0.2) is 6.10 Å². The van der Waals surface area contributed by atoms with E-state index in [0.29, 0.717) is 0 Å². The lowest BCUT2D eigenvalue weighted by molar-refractivity contribution is -0.290. The summed E-state index contributed by atoms with van der Waals surface area (Å²) in [6.45, 7) is 4.96. The Morgan fingerprint density at radius 1 is 0.900 bits per heavy atom. The minimum atomic E-state index is -1.25. The summed E-state index contributed by atoms with van der Waals surface area (Å²) >= 11 is 0. The molecule has 1 aliphatic heterocycles. The van der Waals surface area contributed by atoms with Gasteiger partial charge in [0.25, 0.3) is 0 Å². The molecule has 0 aromatic heterocycles. The fourth-order valence-corrected chi connectivity index (χ4v) is 1.89. The second kappa shape index (κ2) is 6.67. The van der Waals surface area contributed by atoms with E-state index in [0.717, 1.165) is 20.8 Å². The van der Waals surface area contributed by atoms with Gasteiger partial charge in [-0.1, -0.05) is 0 Å². The van der Waals surface area contributed by atoms with Gasteiger partial charge >= 0.3 is 17.9 Å². The van der Waals surface area contributed by atoms with E-state index in [9.17, 15) is 19.5 Å². The van der Waals surface area contributed by atoms with Crippen molar-refractivity contribution in [2.24, 2.45) is 0 Å². The third-order valence-corrected chi connectivity index (χ3v) is 2.64. The van der Waals surface area contributed by atoms with Gasteiger partial charge in [0, 0.05) is 20.8 Å². The highest BCUT2D eigenvalue weighted by Crippen LogP contribution is 2.27. The van der Waals surface area contributed by atoms with E-state index >= 15 is 0 Å². The Kier molecular flexibility index (Phi) is 5.46. The largest absolute Gasteiger partial charge is 0.455 e. The SMILES string of the molecule is CC(=O)OC1O[C@@H](C)[C@@H](O)[C@@H](OC(C)=O)[C@@H]1OC(C)=O. The molecule has 0 aromatic rings. The molecule has 0 aliphatic carbocycles. The number of aliphatic hydroxyl groups excluding tert-OH is 1. The van der Waals surface area contributed by atoms with Gasteiger partial charge in [0.05, 0.1) is 6.10 Å². The summed E-state index contributed by atoms with van der Waals surface area (Å²) in [6.07, 6.45) is -5.64. The van der Waals surface area contributed by atoms with Crippen LogP contribution in [0.2, 0.25) is 0 Å². The lowest BCUT2D eigenvalue weighted by atomic mass is 9.99. The third-order valence-electron chi connectivity index (χ3n) is 2.64. The van der Waals surface area contributed by atoms with Crippen LogP contribution in [0.25, 0.3) is 0 Å². The summed E-state index contributed by atoms with van der Waals surface area (Å²) in [5.41, 5.74) is 0. The summed E-state index contributed by atoms with van der Waals surface area (Å²) < 4.78 is 20.1. The van der Waals surface area contributed by atoms with Crippen molar-refractivity contribution < 1.29 is 38.4 Å². The van der Waals surface area contributed by atoms with Crippen molar-refractivity contribution in [3.8, 4) is 0 Å². The highest BCUT2D eigenvalue weighted by molar-refractivity contribution is 5.68. The van der Waals surface area contributed by atoms with Gasteiger partial charge in [-0.2, -0.15) is 0 Å². The van der Waals surface area contributed by atoms with Crippen LogP contribution in [-0.4, -0.2) is 53.7 Å². The maximum atomic E-state index is 11.1. The quantitative estimate of drug-likeness (QED) is 0.548. The number of hydrogen-bond donors (Lipinski definition) is 1. The van der Waals surface area contributed by atoms with Crippen molar-refractivity contribution >= 4 is 17.9 Å². The molecule has 20 heavy (non-hydrogen) atoms. The molecule has 8 nitrogen and oxygen atoms in total. The zero-order chi connectivity index (χ0) is 15.4. The van der Waals surface area contributed by atoms with Gasteiger partial charge in [0.2, 0.25) is 12.4 Å². The first-order valence-electron chi connectivity index (χ1n) is 6.07. The maximum Gasteiger partial charge on any atom is 0.305 e. The van der Waals surface area contributed by atoms with Crippen molar-refractivity contribution in [1.29, 1.82) is 0 Å². The molecule has 0 spiro atoms. The number of carbonyl (C=O) groups is 3. The van der Waals surface area contributed by atoms with Gasteiger partial charge < -0.3 is 24.1 Å². The Bertz CT molecular complexity index is 393. The van der Waals surface area contributed by atoms with Crippen LogP contribution in [0, 0.1) is 0 Å². The second-order valence-corrected chi connectivity index (χ2v) is 4.46. The number of hydrogen-bond acceptors (Lipinski definition) is 8. The average molecular weight is 290 g/mol. The first kappa shape index (κ1) is 16.4. The molecular weight excluding hydrogens is 272 g/mol. The van der Waals surface area contributed by atoms with Crippen LogP contribution in [0.3, 0.4) is 0 Å². The third kappa shape index (κ3) is 4.17. The van der Waals surface area contributed by atoms with E-state index in [2.05, 4.69) is 0 Å². The molecule has 8 heteroatoms. The molecule has 5 atom stereocenters. The standard InChI is InChI=1S/C12H18O8/c1-5-9(16)10(18-6(2)13)11(19-7(3)14)12(17-5)20-8(4)15/h5,9-12,16H,1-4H3/t5-,9+,10+,11-,12?/m0/s1. The topological polar surface area (TPSA) is 108 Å². The van der Waals surface area contributed by atoms with E-state index < -0.39 is 48.6 Å². The van der Waals surface area contributed by atoms with Gasteiger partial charge in [-0.25, -0.2) is 0 Å². The van der Waals surface area contributed by atoms with Gasteiger partial charge in [-0.15, -0.1) is 0 Å². The Morgan fingerprint density at radius 2 is 1.35 bits per heavy atom. The molecule has 0 radical (unpaired) electrons. The minimum absolute atomic E-state index is 0.655. The predicted octanol–water partition coefficient (Wildman–Crippen LogP) is -0.481. The molecule has 0 aromatic carbocycles. The Hall–Kier alpha value is -1.67. The van der Waals surface area contributed by atoms with Crippen molar-refractivity contribution in [3.05, 3.63) is 0 Å². The van der Waals surface area contributed by atoms with Crippen molar-refractivity contribution in [2.45, 2.75) is 58.4 Å². The molecule has 0 amide bonds. The van der Waals surface area contributed by atoms with Gasteiger partial charge in [-0.3, -0.25) is 14.4 Å². The van der Waals surface area contributed by atoms with E-state index in [4.69, 9.17) is 18.9 Å². The predicted molar refractivity (Wildman–Crippen MR) is 63.2 cm³/mol. The lowest BCUT2D eigenvalue weighted by Gasteiger charge is -2.41. The van der Waals surface area contributed by atoms with Crippen molar-refractivity contribution in [3.63, 3.8) is 0 Å². The minimum Gasteiger partial charge on any atom is -0.455 e. The first-order chi connectivity index (χ1) is 9.22. The van der Waals surface area contributed by atoms with E-state index in [1.165, 1.54) is 6.92 Å². The van der Waals surface area contributed by atoms with Crippen LogP contribution in [0.1, 0.15) is 27.7 Å². The highest BCUT2D eigenvalue weighted by atomic mass is 16.7. The molecule has 1 heterocycles. The van der Waals surface area contributed by atoms with Crippen molar-refractivity contribution in [2.75, 3.05) is 0 Å². The number of rotatable bonds is 3. The molecule has 1 aliphatic rings. The lowest BCUT2D eigenvalue weighted by Crippen LogP contribution is -2.60. The summed E-state index contributed by atoms with van der Waals surface area (Å²) in [4.78, 5) is 33.3. The number of esters is 3. The summed E-state index contributed by atoms with van der Waals surface area (Å²) in [5, 5.41) is 9.99. The van der Waals surface area contributed by atoms with Crippen LogP contribution in [-0.2, 0) is 33.3 Å². The van der Waals surface area contributed by atoms with Crippen LogP contribution in [0.5, 0.6) is 0 Å². The van der Waals surface area contributed by atoms with E-state index in [-0.39, 0.29) is 0 Å². The zero-order valence-corrected chi connectivity index (χ0v) is 11.7. The Morgan fingerprint density at radius 3 is 1.80 bits per heavy atom. The second-order valence-electron chi connectivity index (χ2n) is 4.46. The molecule has 1 N–H and O–H groups in total. The average Bonchev–Trinajstić information content (AvgIpc) is 2.28. The van der Waals surface area contributed by atoms with E-state index in [1.54, 1.807) is 0 Å².